The molecule has 39 heavy (non-hydrogen) atoms. The van der Waals surface area contributed by atoms with E-state index in [1.165, 1.54) is 21.2 Å². The van der Waals surface area contributed by atoms with Crippen LogP contribution >= 0.6 is 15.8 Å². The van der Waals surface area contributed by atoms with Gasteiger partial charge in [-0.15, -0.1) is 0 Å². The predicted octanol–water partition coefficient (Wildman–Crippen LogP) is 6.98. The Bertz CT molecular complexity index is 1280. The average Bonchev–Trinajstić information content (AvgIpc) is 3.28. The minimum atomic E-state index is -0.901. The van der Waals surface area contributed by atoms with Gasteiger partial charge in [0.05, 0.1) is 5.28 Å². The van der Waals surface area contributed by atoms with Crippen LogP contribution in [0.1, 0.15) is 34.1 Å². The number of hydrogen-bond acceptors (Lipinski definition) is 2. The van der Waals surface area contributed by atoms with Crippen molar-refractivity contribution in [2.75, 3.05) is 6.54 Å². The Morgan fingerprint density at radius 1 is 0.718 bits per heavy atom. The number of carbonyl (C=O) groups is 1. The molecule has 1 aliphatic heterocycles. The maximum Gasteiger partial charge on any atom is 0.411 e. The molecule has 2 unspecified atom stereocenters. The molecule has 5 rings (SSSR count). The summed E-state index contributed by atoms with van der Waals surface area (Å²) >= 11 is 0. The second-order valence-corrected chi connectivity index (χ2v) is 16.4. The van der Waals surface area contributed by atoms with Crippen molar-refractivity contribution in [2.45, 2.75) is 50.7 Å². The van der Waals surface area contributed by atoms with E-state index in [9.17, 15) is 4.79 Å². The molecule has 1 heterocycles. The summed E-state index contributed by atoms with van der Waals surface area (Å²) in [6.45, 7) is 8.82. The second kappa shape index (κ2) is 11.6. The molecule has 1 fully saturated rings. The zero-order valence-electron chi connectivity index (χ0n) is 23.2. The summed E-state index contributed by atoms with van der Waals surface area (Å²) in [4.78, 5) is 16.1. The van der Waals surface area contributed by atoms with Crippen LogP contribution in [-0.4, -0.2) is 34.1 Å². The van der Waals surface area contributed by atoms with Gasteiger partial charge < -0.3 is 4.74 Å². The molecule has 0 N–H and O–H groups in total. The highest BCUT2D eigenvalue weighted by molar-refractivity contribution is 7.75. The first-order valence-electron chi connectivity index (χ1n) is 13.6. The van der Waals surface area contributed by atoms with Crippen LogP contribution < -0.4 is 21.2 Å². The molecule has 0 bridgehead atoms. The number of likely N-dealkylation sites (tertiary alicyclic amines) is 1. The van der Waals surface area contributed by atoms with Gasteiger partial charge in [0.2, 0.25) is 0 Å². The number of amides is 1. The zero-order valence-corrected chi connectivity index (χ0v) is 25.0. The lowest BCUT2D eigenvalue weighted by Gasteiger charge is -2.42. The van der Waals surface area contributed by atoms with Crippen LogP contribution in [0.2, 0.25) is 0 Å². The fourth-order valence-corrected chi connectivity index (χ4v) is 11.9. The van der Waals surface area contributed by atoms with Crippen LogP contribution in [0.25, 0.3) is 0 Å². The second-order valence-electron chi connectivity index (χ2n) is 11.2. The van der Waals surface area contributed by atoms with Crippen molar-refractivity contribution in [3.05, 3.63) is 121 Å². The molecule has 200 valence electrons. The molecule has 0 radical (unpaired) electrons. The highest BCUT2D eigenvalue weighted by Crippen LogP contribution is 2.60. The fourth-order valence-electron chi connectivity index (χ4n) is 5.61. The van der Waals surface area contributed by atoms with Crippen molar-refractivity contribution in [1.29, 1.82) is 0 Å². The van der Waals surface area contributed by atoms with Gasteiger partial charge in [-0.25, -0.2) is 4.79 Å². The topological polar surface area (TPSA) is 29.5 Å². The third kappa shape index (κ3) is 6.11. The number of benzene rings is 4. The molecule has 4 aromatic rings. The van der Waals surface area contributed by atoms with E-state index >= 15 is 0 Å². The predicted molar refractivity (Wildman–Crippen MR) is 168 cm³/mol. The van der Waals surface area contributed by atoms with Crippen molar-refractivity contribution in [2.24, 2.45) is 0 Å². The Morgan fingerprint density at radius 3 is 1.49 bits per heavy atom. The summed E-state index contributed by atoms with van der Waals surface area (Å²) in [6, 6.07) is 43.2. The van der Waals surface area contributed by atoms with Gasteiger partial charge in [0.1, 0.15) is 5.60 Å². The summed E-state index contributed by atoms with van der Waals surface area (Å²) in [7, 11) is -1.60. The van der Waals surface area contributed by atoms with E-state index in [0.29, 0.717) is 12.2 Å². The number of nitrogens with zero attached hydrogens (tertiary/aromatic N) is 1. The first-order valence-corrected chi connectivity index (χ1v) is 16.3. The molecule has 0 saturated carbocycles. The quantitative estimate of drug-likeness (QED) is 0.241. The third-order valence-corrected chi connectivity index (χ3v) is 13.0. The molecule has 0 spiro atoms. The summed E-state index contributed by atoms with van der Waals surface area (Å²) in [5.41, 5.74) is -0.276. The van der Waals surface area contributed by atoms with Crippen LogP contribution in [0.3, 0.4) is 0 Å². The Hall–Kier alpha value is -2.99. The van der Waals surface area contributed by atoms with E-state index in [1.807, 2.05) is 20.8 Å². The van der Waals surface area contributed by atoms with E-state index in [0.717, 1.165) is 6.42 Å². The third-order valence-electron chi connectivity index (χ3n) is 7.16. The molecule has 1 saturated heterocycles. The largest absolute Gasteiger partial charge is 0.444 e. The van der Waals surface area contributed by atoms with E-state index in [4.69, 9.17) is 4.74 Å². The highest BCUT2D eigenvalue weighted by atomic mass is 31.1. The van der Waals surface area contributed by atoms with E-state index < -0.39 is 26.7 Å². The first kappa shape index (κ1) is 27.6. The molecule has 5 heteroatoms. The van der Waals surface area contributed by atoms with Crippen molar-refractivity contribution >= 4 is 43.2 Å². The maximum absolute atomic E-state index is 14.0. The summed E-state index contributed by atoms with van der Waals surface area (Å²) in [5.74, 6) is 0. The molecule has 1 amide bonds. The molecule has 1 aliphatic rings. The van der Waals surface area contributed by atoms with E-state index in [1.54, 1.807) is 0 Å². The summed E-state index contributed by atoms with van der Waals surface area (Å²) in [5, 5.41) is 4.83. The number of hydrogen-bond donors (Lipinski definition) is 0. The Labute approximate surface area is 235 Å². The lowest BCUT2D eigenvalue weighted by atomic mass is 10.2. The van der Waals surface area contributed by atoms with Gasteiger partial charge in [-0.05, 0) is 71.2 Å². The van der Waals surface area contributed by atoms with Gasteiger partial charge in [-0.2, -0.15) is 0 Å². The maximum atomic E-state index is 14.0. The smallest absolute Gasteiger partial charge is 0.411 e. The van der Waals surface area contributed by atoms with Crippen molar-refractivity contribution < 1.29 is 9.53 Å². The van der Waals surface area contributed by atoms with Gasteiger partial charge in [-0.1, -0.05) is 121 Å². The van der Waals surface area contributed by atoms with E-state index in [2.05, 4.69) is 133 Å². The standard InChI is InChI=1S/C34H37NO2P2/c1-33(2,3)37-32(36)35-26-31(38(27-17-9-5-10-18-27)28-19-11-6-12-20-28)25-34(35,4)39(29-21-13-7-14-22-29)30-23-15-8-16-24-30/h5-24,31H,25-26H2,1-4H3. The van der Waals surface area contributed by atoms with Gasteiger partial charge in [0.15, 0.2) is 0 Å². The average molecular weight is 554 g/mol. The van der Waals surface area contributed by atoms with Gasteiger partial charge >= 0.3 is 6.09 Å². The van der Waals surface area contributed by atoms with E-state index in [-0.39, 0.29) is 6.09 Å². The first-order chi connectivity index (χ1) is 18.8. The summed E-state index contributed by atoms with van der Waals surface area (Å²) in [6.07, 6.45) is 0.681. The lowest BCUT2D eigenvalue weighted by molar-refractivity contribution is 0.0207. The number of carbonyl (C=O) groups excluding carboxylic acids is 1. The van der Waals surface area contributed by atoms with Crippen LogP contribution in [0.15, 0.2) is 121 Å². The molecular formula is C34H37NO2P2. The SMILES string of the molecule is CC(C)(C)OC(=O)N1CC(P(c2ccccc2)c2ccccc2)CC1(C)P(c1ccccc1)c1ccccc1. The molecule has 0 aliphatic carbocycles. The normalized spacial score (nSPS) is 19.4. The lowest BCUT2D eigenvalue weighted by Crippen LogP contribution is -2.49. The van der Waals surface area contributed by atoms with Crippen LogP contribution in [0.5, 0.6) is 0 Å². The Kier molecular flexibility index (Phi) is 8.22. The van der Waals surface area contributed by atoms with Crippen LogP contribution in [0.4, 0.5) is 4.79 Å². The van der Waals surface area contributed by atoms with Crippen molar-refractivity contribution in [3.8, 4) is 0 Å². The molecule has 0 aromatic heterocycles. The molecular weight excluding hydrogens is 516 g/mol. The molecule has 4 aromatic carbocycles. The Morgan fingerprint density at radius 2 is 1.10 bits per heavy atom. The minimum Gasteiger partial charge on any atom is -0.444 e. The fraction of sp³-hybridized carbons (Fsp3) is 0.265. The molecule has 2 atom stereocenters. The van der Waals surface area contributed by atoms with Gasteiger partial charge in [0.25, 0.3) is 0 Å². The highest BCUT2D eigenvalue weighted by Gasteiger charge is 2.53. The van der Waals surface area contributed by atoms with Gasteiger partial charge in [-0.3, -0.25) is 4.90 Å². The van der Waals surface area contributed by atoms with Gasteiger partial charge in [0, 0.05) is 12.2 Å². The summed E-state index contributed by atoms with van der Waals surface area (Å²) < 4.78 is 6.08. The van der Waals surface area contributed by atoms with Crippen molar-refractivity contribution in [1.82, 2.24) is 4.90 Å². The minimum absolute atomic E-state index is 0.220. The van der Waals surface area contributed by atoms with Crippen LogP contribution in [0, 0.1) is 0 Å². The number of ether oxygens (including phenoxy) is 1. The molecule has 3 nitrogen and oxygen atoms in total. The monoisotopic (exact) mass is 553 g/mol. The zero-order chi connectivity index (χ0) is 27.5. The number of rotatable bonds is 6. The van der Waals surface area contributed by atoms with Crippen LogP contribution in [-0.2, 0) is 4.74 Å². The Balaban J connectivity index is 1.65. The van der Waals surface area contributed by atoms with Crippen molar-refractivity contribution in [3.63, 3.8) is 0 Å².